The summed E-state index contributed by atoms with van der Waals surface area (Å²) in [5.41, 5.74) is 3.99. The second-order valence-corrected chi connectivity index (χ2v) is 9.39. The highest BCUT2D eigenvalue weighted by atomic mass is 35.5. The monoisotopic (exact) mass is 524 g/mol. The molecule has 1 aliphatic carbocycles. The number of halogens is 2. The predicted octanol–water partition coefficient (Wildman–Crippen LogP) is 8.68. The van der Waals surface area contributed by atoms with Crippen molar-refractivity contribution in [3.8, 4) is 22.6 Å². The Kier molecular flexibility index (Phi) is 5.71. The van der Waals surface area contributed by atoms with Crippen molar-refractivity contribution in [2.45, 2.75) is 5.41 Å². The van der Waals surface area contributed by atoms with Crippen LogP contribution in [-0.4, -0.2) is 10.9 Å². The third-order valence-corrected chi connectivity index (χ3v) is 7.04. The van der Waals surface area contributed by atoms with Crippen LogP contribution in [0.3, 0.4) is 0 Å². The molecule has 0 aromatic heterocycles. The maximum absolute atomic E-state index is 11.3. The van der Waals surface area contributed by atoms with Gasteiger partial charge in [-0.2, -0.15) is 0 Å². The lowest BCUT2D eigenvalue weighted by Gasteiger charge is -2.34. The van der Waals surface area contributed by atoms with Gasteiger partial charge in [-0.15, -0.1) is 0 Å². The maximum Gasteiger partial charge on any atom is 0.409 e. The Balaban J connectivity index is 1.67. The first kappa shape index (κ1) is 23.3. The third-order valence-electron chi connectivity index (χ3n) is 6.88. The molecule has 37 heavy (non-hydrogen) atoms. The molecule has 5 aromatic carbocycles. The van der Waals surface area contributed by atoms with Crippen LogP contribution in [0.2, 0.25) is 0 Å². The van der Waals surface area contributed by atoms with Crippen LogP contribution in [0.4, 0.5) is 9.59 Å². The Morgan fingerprint density at radius 3 is 1.57 bits per heavy atom. The quantitative estimate of drug-likeness (QED) is 0.216. The summed E-state index contributed by atoms with van der Waals surface area (Å²) in [6.45, 7) is 0. The van der Waals surface area contributed by atoms with Crippen molar-refractivity contribution in [2.75, 3.05) is 0 Å². The minimum absolute atomic E-state index is 0.355. The molecular formula is C31H18Cl2O4. The summed E-state index contributed by atoms with van der Waals surface area (Å²) in [7, 11) is 0. The highest BCUT2D eigenvalue weighted by molar-refractivity contribution is 6.61. The second-order valence-electron chi connectivity index (χ2n) is 8.77. The average Bonchev–Trinajstić information content (AvgIpc) is 3.18. The summed E-state index contributed by atoms with van der Waals surface area (Å²) >= 11 is 10.9. The van der Waals surface area contributed by atoms with E-state index in [1.54, 1.807) is 24.3 Å². The van der Waals surface area contributed by atoms with Crippen molar-refractivity contribution < 1.29 is 19.1 Å². The zero-order valence-corrected chi connectivity index (χ0v) is 20.8. The second kappa shape index (κ2) is 9.07. The molecule has 1 aliphatic rings. The topological polar surface area (TPSA) is 52.6 Å². The third kappa shape index (κ3) is 3.86. The van der Waals surface area contributed by atoms with E-state index >= 15 is 0 Å². The lowest BCUT2D eigenvalue weighted by atomic mass is 9.67. The van der Waals surface area contributed by atoms with E-state index < -0.39 is 16.3 Å². The molecule has 0 bridgehead atoms. The van der Waals surface area contributed by atoms with E-state index in [0.717, 1.165) is 44.2 Å². The number of ether oxygens (including phenoxy) is 2. The van der Waals surface area contributed by atoms with Crippen LogP contribution in [0, 0.1) is 0 Å². The van der Waals surface area contributed by atoms with Gasteiger partial charge in [0.15, 0.2) is 0 Å². The molecule has 0 heterocycles. The minimum atomic E-state index is -0.894. The van der Waals surface area contributed by atoms with Crippen LogP contribution < -0.4 is 9.47 Å². The summed E-state index contributed by atoms with van der Waals surface area (Å²) < 4.78 is 10.2. The molecule has 0 radical (unpaired) electrons. The van der Waals surface area contributed by atoms with Crippen molar-refractivity contribution in [2.24, 2.45) is 0 Å². The van der Waals surface area contributed by atoms with Gasteiger partial charge in [-0.1, -0.05) is 72.8 Å². The smallest absolute Gasteiger partial charge is 0.409 e. The van der Waals surface area contributed by atoms with Crippen LogP contribution in [0.1, 0.15) is 22.3 Å². The molecule has 4 nitrogen and oxygen atoms in total. The molecular weight excluding hydrogens is 507 g/mol. The SMILES string of the molecule is O=C(Cl)Oc1ccc(C2(c3ccc(OC(=O)Cl)cc3)c3ccccc3-c3cc4ccccc4cc32)cc1. The lowest BCUT2D eigenvalue weighted by molar-refractivity contribution is 0.224. The predicted molar refractivity (Wildman–Crippen MR) is 145 cm³/mol. The van der Waals surface area contributed by atoms with E-state index in [9.17, 15) is 9.59 Å². The first-order valence-corrected chi connectivity index (χ1v) is 12.3. The summed E-state index contributed by atoms with van der Waals surface area (Å²) in [4.78, 5) is 22.6. The molecule has 5 aromatic rings. The van der Waals surface area contributed by atoms with Gasteiger partial charge in [-0.05, 0) is 80.6 Å². The molecule has 6 heteroatoms. The maximum atomic E-state index is 11.3. The zero-order chi connectivity index (χ0) is 25.6. The van der Waals surface area contributed by atoms with Crippen LogP contribution in [0.5, 0.6) is 11.5 Å². The summed E-state index contributed by atoms with van der Waals surface area (Å²) in [5, 5.41) is 2.28. The highest BCUT2D eigenvalue weighted by Gasteiger charge is 2.46. The van der Waals surface area contributed by atoms with Gasteiger partial charge in [-0.25, -0.2) is 9.59 Å². The molecule has 0 unspecified atom stereocenters. The van der Waals surface area contributed by atoms with E-state index in [-0.39, 0.29) is 0 Å². The van der Waals surface area contributed by atoms with Gasteiger partial charge in [0, 0.05) is 23.2 Å². The minimum Gasteiger partial charge on any atom is -0.415 e. The van der Waals surface area contributed by atoms with Crippen molar-refractivity contribution >= 4 is 44.8 Å². The molecule has 0 saturated heterocycles. The fraction of sp³-hybridized carbons (Fsp3) is 0.0323. The zero-order valence-electron chi connectivity index (χ0n) is 19.3. The fourth-order valence-corrected chi connectivity index (χ4v) is 5.66. The van der Waals surface area contributed by atoms with E-state index in [4.69, 9.17) is 32.7 Å². The Morgan fingerprint density at radius 1 is 0.541 bits per heavy atom. The molecule has 180 valence electrons. The molecule has 0 atom stereocenters. The molecule has 0 spiro atoms. The summed E-state index contributed by atoms with van der Waals surface area (Å²) in [6, 6.07) is 35.9. The number of fused-ring (bicyclic) bond motifs is 4. The van der Waals surface area contributed by atoms with Gasteiger partial charge in [0.2, 0.25) is 0 Å². The van der Waals surface area contributed by atoms with Crippen molar-refractivity contribution in [3.05, 3.63) is 131 Å². The van der Waals surface area contributed by atoms with Gasteiger partial charge in [0.05, 0.1) is 5.41 Å². The molecule has 6 rings (SSSR count). The van der Waals surface area contributed by atoms with Crippen LogP contribution >= 0.6 is 23.2 Å². The highest BCUT2D eigenvalue weighted by Crippen LogP contribution is 2.57. The van der Waals surface area contributed by atoms with Gasteiger partial charge in [0.1, 0.15) is 11.5 Å². The Hall–Kier alpha value is -4.12. The molecule has 0 amide bonds. The van der Waals surface area contributed by atoms with Gasteiger partial charge in [-0.3, -0.25) is 0 Å². The van der Waals surface area contributed by atoms with E-state index in [0.29, 0.717) is 11.5 Å². The molecule has 0 fully saturated rings. The number of carbonyl (C=O) groups excluding carboxylic acids is 2. The van der Waals surface area contributed by atoms with Crippen LogP contribution in [0.15, 0.2) is 109 Å². The lowest BCUT2D eigenvalue weighted by Crippen LogP contribution is -2.28. The number of hydrogen-bond acceptors (Lipinski definition) is 4. The number of hydrogen-bond donors (Lipinski definition) is 0. The Morgan fingerprint density at radius 2 is 1.03 bits per heavy atom. The van der Waals surface area contributed by atoms with Gasteiger partial charge >= 0.3 is 10.9 Å². The van der Waals surface area contributed by atoms with Gasteiger partial charge < -0.3 is 9.47 Å². The largest absolute Gasteiger partial charge is 0.415 e. The summed E-state index contributed by atoms with van der Waals surface area (Å²) in [5.74, 6) is 0.710. The molecule has 0 aliphatic heterocycles. The van der Waals surface area contributed by atoms with E-state index in [1.807, 2.05) is 48.5 Å². The Labute approximate surface area is 223 Å². The first-order valence-electron chi connectivity index (χ1n) is 11.6. The van der Waals surface area contributed by atoms with Gasteiger partial charge in [0.25, 0.3) is 0 Å². The standard InChI is InChI=1S/C31H18Cl2O4/c32-29(34)36-23-13-9-21(10-14-23)31(22-11-15-24(16-12-22)37-30(33)35)27-8-4-3-7-25(27)26-17-19-5-1-2-6-20(19)18-28(26)31/h1-18H. The fourth-order valence-electron chi connectivity index (χ4n) is 5.48. The van der Waals surface area contributed by atoms with Crippen molar-refractivity contribution in [1.82, 2.24) is 0 Å². The number of rotatable bonds is 4. The first-order chi connectivity index (χ1) is 18.0. The molecule has 0 N–H and O–H groups in total. The normalized spacial score (nSPS) is 13.0. The average molecular weight is 525 g/mol. The van der Waals surface area contributed by atoms with Crippen LogP contribution in [0.25, 0.3) is 21.9 Å². The summed E-state index contributed by atoms with van der Waals surface area (Å²) in [6.07, 6.45) is 0. The Bertz CT molecular complexity index is 1620. The van der Waals surface area contributed by atoms with Crippen LogP contribution in [-0.2, 0) is 5.41 Å². The number of carbonyl (C=O) groups is 2. The van der Waals surface area contributed by atoms with E-state index in [2.05, 4.69) is 36.4 Å². The van der Waals surface area contributed by atoms with Crippen molar-refractivity contribution in [1.29, 1.82) is 0 Å². The van der Waals surface area contributed by atoms with E-state index in [1.165, 1.54) is 0 Å². The number of benzene rings is 5. The molecule has 0 saturated carbocycles. The van der Waals surface area contributed by atoms with Crippen molar-refractivity contribution in [3.63, 3.8) is 0 Å².